The number of hydrogen-bond donors (Lipinski definition) is 11. The lowest BCUT2D eigenvalue weighted by Crippen LogP contribution is -2.44. The van der Waals surface area contributed by atoms with E-state index in [0.29, 0.717) is 73.0 Å². The maximum Gasteiger partial charge on any atom is 0.251 e. The van der Waals surface area contributed by atoms with Gasteiger partial charge in [0.2, 0.25) is 11.8 Å². The van der Waals surface area contributed by atoms with Gasteiger partial charge in [-0.3, -0.25) is 23.8 Å². The minimum atomic E-state index is -0.829. The van der Waals surface area contributed by atoms with Crippen LogP contribution in [0.25, 0.3) is 60.5 Å². The van der Waals surface area contributed by atoms with E-state index in [0.717, 1.165) is 158 Å². The Hall–Kier alpha value is -14.4. The third-order valence-electron chi connectivity index (χ3n) is 21.9. The monoisotopic (exact) mass is 1720 g/mol. The Kier molecular flexibility index (Phi) is 34.7. The fraction of sp³-hybridized carbons (Fsp3) is 0.290. The summed E-state index contributed by atoms with van der Waals surface area (Å²) in [6.45, 7) is 18.5. The van der Waals surface area contributed by atoms with Gasteiger partial charge in [0, 0.05) is 89.2 Å². The number of aliphatic imine (C=N–C) groups is 4. The number of H-pyrrole nitrogens is 1. The van der Waals surface area contributed by atoms with Crippen LogP contribution in [0.4, 0.5) is 17.8 Å². The number of aromatic amines is 1. The maximum atomic E-state index is 13.7. The number of amides is 2. The largest absolute Gasteiger partial charge is 0.386 e. The number of ketones is 1. The highest BCUT2D eigenvalue weighted by molar-refractivity contribution is 5.96. The summed E-state index contributed by atoms with van der Waals surface area (Å²) in [4.78, 5) is 97.6. The second-order valence-electron chi connectivity index (χ2n) is 31.7. The van der Waals surface area contributed by atoms with Crippen molar-refractivity contribution in [3.8, 4) is 23.1 Å². The van der Waals surface area contributed by atoms with Gasteiger partial charge in [-0.2, -0.15) is 15.0 Å². The van der Waals surface area contributed by atoms with Crippen molar-refractivity contribution in [1.29, 1.82) is 0 Å². The number of benzene rings is 8. The Balaban J connectivity index is 0.000000161. The van der Waals surface area contributed by atoms with Crippen LogP contribution in [0.1, 0.15) is 152 Å². The topological polar surface area (TPSA) is 473 Å². The zero-order chi connectivity index (χ0) is 91.0. The van der Waals surface area contributed by atoms with Gasteiger partial charge in [0.15, 0.2) is 17.4 Å². The average molecular weight is 1720 g/mol. The number of nitrogens with two attached hydrogens (primary N) is 9. The molecule has 660 valence electrons. The molecule has 1 unspecified atom stereocenters. The summed E-state index contributed by atoms with van der Waals surface area (Å²) >= 11 is 0. The quantitative estimate of drug-likeness (QED) is 0.00939. The van der Waals surface area contributed by atoms with E-state index >= 15 is 0 Å². The summed E-state index contributed by atoms with van der Waals surface area (Å²) in [5, 5.41) is 7.31. The van der Waals surface area contributed by atoms with Crippen molar-refractivity contribution in [1.82, 2.24) is 59.5 Å². The fourth-order valence-corrected chi connectivity index (χ4v) is 15.0. The summed E-state index contributed by atoms with van der Waals surface area (Å²) in [7, 11) is 0. The van der Waals surface area contributed by atoms with E-state index in [1.807, 2.05) is 161 Å². The SMILES string of the molecule is C(#Cc1ccccc1)CCN1CCC(c2nc(-c3ccc4cc[nH]c4c3)c3ncccn23)CC1.CCCc1ccc2nc(N=C(N)CN)nc(C)c2c1.CCc1ccc2c(C)nc(N=C(N)CN)nc2c1.Cc1nc(N=C(N)CN)nc2cc(C(C)C)ccc12.NC(=O)C(CC(=O)[C@@H](CCCN=C(N)N)NC(=O)C(c1ccccc1)c1ccccc1)Cc1ccccc1. The summed E-state index contributed by atoms with van der Waals surface area (Å²) in [5.74, 6) is 8.27. The van der Waals surface area contributed by atoms with Crippen molar-refractivity contribution >= 4 is 108 Å². The highest BCUT2D eigenvalue weighted by Crippen LogP contribution is 2.35. The van der Waals surface area contributed by atoms with Crippen LogP contribution in [0.15, 0.2) is 245 Å². The molecule has 128 heavy (non-hydrogen) atoms. The van der Waals surface area contributed by atoms with Gasteiger partial charge in [-0.05, 0) is 178 Å². The molecule has 7 heterocycles. The number of amidine groups is 3. The smallest absolute Gasteiger partial charge is 0.251 e. The number of carbonyl (C=O) groups excluding carboxylic acids is 3. The predicted octanol–water partition coefficient (Wildman–Crippen LogP) is 13.5. The molecule has 1 fully saturated rings. The number of nitrogens with one attached hydrogen (secondary N) is 2. The third-order valence-corrected chi connectivity index (χ3v) is 21.9. The molecule has 1 aliphatic heterocycles. The molecule has 1 aliphatic rings. The maximum absolute atomic E-state index is 13.7. The van der Waals surface area contributed by atoms with Crippen LogP contribution < -0.4 is 56.9 Å². The van der Waals surface area contributed by atoms with Crippen molar-refractivity contribution in [2.75, 3.05) is 45.8 Å². The van der Waals surface area contributed by atoms with Crippen LogP contribution in [-0.4, -0.2) is 147 Å². The Morgan fingerprint density at radius 1 is 0.578 bits per heavy atom. The molecule has 15 rings (SSSR count). The number of aryl methyl sites for hydroxylation is 5. The van der Waals surface area contributed by atoms with Crippen molar-refractivity contribution < 1.29 is 14.4 Å². The van der Waals surface area contributed by atoms with Crippen LogP contribution in [0.2, 0.25) is 0 Å². The van der Waals surface area contributed by atoms with Crippen LogP contribution in [0, 0.1) is 38.5 Å². The van der Waals surface area contributed by atoms with Crippen molar-refractivity contribution in [2.24, 2.45) is 77.5 Å². The average Bonchev–Trinajstić information content (AvgIpc) is 1.62. The van der Waals surface area contributed by atoms with Gasteiger partial charge in [0.05, 0.1) is 65.2 Å². The number of nitrogens with zero attached hydrogens (tertiary/aromatic N) is 14. The van der Waals surface area contributed by atoms with Gasteiger partial charge in [0.25, 0.3) is 17.8 Å². The number of piperidine rings is 1. The van der Waals surface area contributed by atoms with Crippen LogP contribution in [0.3, 0.4) is 0 Å². The molecular formula is C100H117N25O3. The lowest BCUT2D eigenvalue weighted by Gasteiger charge is -2.30. The van der Waals surface area contributed by atoms with Crippen molar-refractivity contribution in [3.05, 3.63) is 287 Å². The molecule has 20 N–H and O–H groups in total. The van der Waals surface area contributed by atoms with E-state index in [1.165, 1.54) is 22.1 Å². The number of fused-ring (bicyclic) bond motifs is 5. The third kappa shape index (κ3) is 26.8. The first-order chi connectivity index (χ1) is 62.0. The van der Waals surface area contributed by atoms with Gasteiger partial charge in [-0.15, -0.1) is 0 Å². The summed E-state index contributed by atoms with van der Waals surface area (Å²) < 4.78 is 2.19. The number of likely N-dealkylation sites (tertiary alicyclic amines) is 1. The number of hydrogen-bond acceptors (Lipinski definition) is 19. The van der Waals surface area contributed by atoms with Gasteiger partial charge in [-0.25, -0.2) is 39.9 Å². The number of imidazole rings is 1. The molecular weight excluding hydrogens is 1600 g/mol. The molecule has 28 heteroatoms. The minimum absolute atomic E-state index is 0.0400. The van der Waals surface area contributed by atoms with E-state index in [9.17, 15) is 14.4 Å². The Bertz CT molecular complexity index is 6210. The van der Waals surface area contributed by atoms with Crippen LogP contribution in [0.5, 0.6) is 0 Å². The molecule has 0 saturated carbocycles. The lowest BCUT2D eigenvalue weighted by molar-refractivity contribution is -0.131. The Morgan fingerprint density at radius 3 is 1.73 bits per heavy atom. The molecule has 2 atom stereocenters. The highest BCUT2D eigenvalue weighted by atomic mass is 16.2. The van der Waals surface area contributed by atoms with E-state index in [2.05, 4.69) is 194 Å². The molecule has 0 radical (unpaired) electrons. The molecule has 6 aromatic heterocycles. The number of Topliss-reactive ketones (excluding diaryl/α,β-unsaturated/α-hetero) is 1. The lowest BCUT2D eigenvalue weighted by atomic mass is 9.88. The van der Waals surface area contributed by atoms with E-state index < -0.39 is 23.8 Å². The molecule has 14 aromatic rings. The fourth-order valence-electron chi connectivity index (χ4n) is 15.0. The minimum Gasteiger partial charge on any atom is -0.386 e. The molecule has 1 saturated heterocycles. The molecule has 28 nitrogen and oxygen atoms in total. The van der Waals surface area contributed by atoms with E-state index in [4.69, 9.17) is 61.6 Å². The van der Waals surface area contributed by atoms with Crippen molar-refractivity contribution in [2.45, 2.75) is 136 Å². The number of guanidine groups is 1. The second-order valence-corrected chi connectivity index (χ2v) is 31.7. The predicted molar refractivity (Wildman–Crippen MR) is 517 cm³/mol. The highest BCUT2D eigenvalue weighted by Gasteiger charge is 2.31. The summed E-state index contributed by atoms with van der Waals surface area (Å²) in [6, 6.07) is 66.8. The van der Waals surface area contributed by atoms with Gasteiger partial charge < -0.3 is 66.8 Å². The number of primary amides is 1. The first kappa shape index (κ1) is 94.3. The molecule has 8 aromatic carbocycles. The second kappa shape index (κ2) is 47.1. The van der Waals surface area contributed by atoms with Gasteiger partial charge >= 0.3 is 0 Å². The summed E-state index contributed by atoms with van der Waals surface area (Å²) in [5.41, 5.74) is 66.5. The molecule has 2 amide bonds. The first-order valence-corrected chi connectivity index (χ1v) is 43.4. The van der Waals surface area contributed by atoms with E-state index in [-0.39, 0.29) is 43.7 Å². The summed E-state index contributed by atoms with van der Waals surface area (Å²) in [6.07, 6.45) is 13.3. The zero-order valence-corrected chi connectivity index (χ0v) is 74.0. The number of rotatable bonds is 28. The normalized spacial score (nSPS) is 13.0. The number of carbonyl (C=O) groups is 3. The number of aromatic nitrogens is 10. The first-order valence-electron chi connectivity index (χ1n) is 43.4. The molecule has 0 bridgehead atoms. The van der Waals surface area contributed by atoms with Gasteiger partial charge in [0.1, 0.15) is 29.0 Å². The molecule has 0 aliphatic carbocycles. The molecule has 0 spiro atoms. The van der Waals surface area contributed by atoms with Crippen LogP contribution in [-0.2, 0) is 33.6 Å². The van der Waals surface area contributed by atoms with E-state index in [1.54, 1.807) is 0 Å². The van der Waals surface area contributed by atoms with Crippen LogP contribution >= 0.6 is 0 Å². The Labute approximate surface area is 747 Å². The Morgan fingerprint density at radius 2 is 1.15 bits per heavy atom. The zero-order valence-electron chi connectivity index (χ0n) is 74.0. The van der Waals surface area contributed by atoms with Gasteiger partial charge in [-0.1, -0.05) is 198 Å². The standard InChI is InChI=1S/C30H35N5O3.C29H27N5.2C14H19N5.C13H17N5/c31-28(37)24(19-21-11-4-1-5-12-21)20-26(36)25(17-10-18-34-30(32)33)35-29(38)27(22-13-6-2-7-14-22)23-15-8-3-9-16-23;1-2-7-22(8-3-1)9-4-5-17-33-19-13-24(14-20-33)28-32-27(29-31-15-6-18-34(28)29)25-11-10-23-12-16-30-26(23)21-25;1-8(2)10-4-5-11-9(3)17-14(18-12(11)6-10)19-13(16)7-15;1-3-4-10-5-6-12-11(7-10)9(2)17-14(18-12)19-13(16)8-15;1-3-9-4-5-10-8(2)16-13(17-11(10)6-9)18-12(15)7-14/h1-9,11-16,24-25,27H,10,17-20H2,(H2,31,37)(H,35,38)(H4,32,33,34);1-3,6-8,10-12,15-16,18,21,24,30H,5,13-14,17,19-20H2;4-6,8H,7,15H2,1-3H3,(H2,16,17,18,19);5-7H,3-4,8,15H2,1-2H3,(H2,16,17,18,19);4-6H,3,7,14H2,1-2H3,(H2,15,16,17,18)/t24?,25-;;;;/m1..../s1. The van der Waals surface area contributed by atoms with Crippen molar-refractivity contribution in [3.63, 3.8) is 0 Å².